The Balaban J connectivity index is 2.67. The van der Waals surface area contributed by atoms with Crippen LogP contribution in [0, 0.1) is 5.41 Å². The predicted octanol–water partition coefficient (Wildman–Crippen LogP) is 2.88. The topological polar surface area (TPSA) is 20.2 Å². The van der Waals surface area contributed by atoms with Crippen LogP contribution in [0.2, 0.25) is 0 Å². The van der Waals surface area contributed by atoms with Gasteiger partial charge in [0.1, 0.15) is 0 Å². The summed E-state index contributed by atoms with van der Waals surface area (Å²) in [5, 5.41) is 9.14. The van der Waals surface area contributed by atoms with E-state index in [0.29, 0.717) is 12.8 Å². The van der Waals surface area contributed by atoms with E-state index < -0.39 is 17.7 Å². The Morgan fingerprint density at radius 3 is 2.00 bits per heavy atom. The smallest absolute Gasteiger partial charge is 0.383 e. The molecule has 0 amide bonds. The van der Waals surface area contributed by atoms with E-state index in [1.165, 1.54) is 6.92 Å². The van der Waals surface area contributed by atoms with Gasteiger partial charge in [-0.15, -0.1) is 0 Å². The summed E-state index contributed by atoms with van der Waals surface area (Å²) in [6.45, 7) is 1.53. The molecular formula is C9H15F3O. The minimum absolute atomic E-state index is 0.480. The predicted molar refractivity (Wildman–Crippen MR) is 43.3 cm³/mol. The van der Waals surface area contributed by atoms with E-state index in [-0.39, 0.29) is 0 Å². The van der Waals surface area contributed by atoms with Gasteiger partial charge in [-0.3, -0.25) is 0 Å². The number of hydrogen-bond acceptors (Lipinski definition) is 1. The fourth-order valence-electron chi connectivity index (χ4n) is 2.03. The van der Waals surface area contributed by atoms with Crippen LogP contribution in [0.4, 0.5) is 13.2 Å². The number of aliphatic hydroxyl groups is 1. The Labute approximate surface area is 75.9 Å². The quantitative estimate of drug-likeness (QED) is 0.683. The first-order valence-electron chi connectivity index (χ1n) is 4.61. The van der Waals surface area contributed by atoms with Crippen LogP contribution in [-0.4, -0.2) is 17.4 Å². The third-order valence-electron chi connectivity index (χ3n) is 2.97. The summed E-state index contributed by atoms with van der Waals surface area (Å²) in [4.78, 5) is 0. The molecule has 1 saturated carbocycles. The Kier molecular flexibility index (Phi) is 2.90. The molecule has 0 radical (unpaired) electrons. The van der Waals surface area contributed by atoms with E-state index in [4.69, 9.17) is 5.11 Å². The summed E-state index contributed by atoms with van der Waals surface area (Å²) in [6.07, 6.45) is -3.08. The zero-order chi connectivity index (χ0) is 10.1. The van der Waals surface area contributed by atoms with Crippen molar-refractivity contribution < 1.29 is 18.3 Å². The molecule has 4 heteroatoms. The molecule has 1 fully saturated rings. The van der Waals surface area contributed by atoms with Crippen molar-refractivity contribution in [2.45, 2.75) is 51.3 Å². The largest absolute Gasteiger partial charge is 0.414 e. The monoisotopic (exact) mass is 196 g/mol. The van der Waals surface area contributed by atoms with Crippen LogP contribution >= 0.6 is 0 Å². The van der Waals surface area contributed by atoms with Crippen molar-refractivity contribution in [2.24, 2.45) is 5.41 Å². The lowest BCUT2D eigenvalue weighted by molar-refractivity contribution is -0.241. The molecular weight excluding hydrogens is 181 g/mol. The lowest BCUT2D eigenvalue weighted by Gasteiger charge is -2.38. The lowest BCUT2D eigenvalue weighted by Crippen LogP contribution is -2.44. The summed E-state index contributed by atoms with van der Waals surface area (Å²) in [5.74, 6) is 0. The van der Waals surface area contributed by atoms with E-state index in [1.807, 2.05) is 0 Å². The summed E-state index contributed by atoms with van der Waals surface area (Å²) >= 11 is 0. The molecule has 0 heterocycles. The standard InChI is InChI=1S/C9H15F3O/c1-8(5-3-2-4-6-8)7(13)9(10,11)12/h7,13H,2-6H2,1H3/t7-/m0/s1. The van der Waals surface area contributed by atoms with Gasteiger partial charge in [0.2, 0.25) is 0 Å². The highest BCUT2D eigenvalue weighted by atomic mass is 19.4. The molecule has 1 aliphatic carbocycles. The first-order valence-corrected chi connectivity index (χ1v) is 4.61. The highest BCUT2D eigenvalue weighted by Crippen LogP contribution is 2.44. The SMILES string of the molecule is CC1([C@H](O)C(F)(F)F)CCCCC1. The van der Waals surface area contributed by atoms with Crippen LogP contribution < -0.4 is 0 Å². The second-order valence-corrected chi connectivity index (χ2v) is 4.16. The van der Waals surface area contributed by atoms with Crippen molar-refractivity contribution in [3.63, 3.8) is 0 Å². The number of aliphatic hydroxyl groups excluding tert-OH is 1. The molecule has 0 aliphatic heterocycles. The van der Waals surface area contributed by atoms with E-state index >= 15 is 0 Å². The molecule has 1 N–H and O–H groups in total. The Morgan fingerprint density at radius 2 is 1.62 bits per heavy atom. The van der Waals surface area contributed by atoms with Gasteiger partial charge in [-0.1, -0.05) is 26.2 Å². The van der Waals surface area contributed by atoms with Gasteiger partial charge in [0.15, 0.2) is 6.10 Å². The first-order chi connectivity index (χ1) is 5.86. The first kappa shape index (κ1) is 10.8. The minimum atomic E-state index is -4.47. The molecule has 0 bridgehead atoms. The van der Waals surface area contributed by atoms with Crippen molar-refractivity contribution in [2.75, 3.05) is 0 Å². The minimum Gasteiger partial charge on any atom is -0.383 e. The fraction of sp³-hybridized carbons (Fsp3) is 1.00. The van der Waals surface area contributed by atoms with Crippen molar-refractivity contribution in [3.8, 4) is 0 Å². The third-order valence-corrected chi connectivity index (χ3v) is 2.97. The van der Waals surface area contributed by atoms with Crippen molar-refractivity contribution in [1.82, 2.24) is 0 Å². The number of halogens is 3. The number of rotatable bonds is 1. The van der Waals surface area contributed by atoms with E-state index in [1.54, 1.807) is 0 Å². The van der Waals surface area contributed by atoms with E-state index in [0.717, 1.165) is 19.3 Å². The molecule has 0 saturated heterocycles. The lowest BCUT2D eigenvalue weighted by atomic mass is 9.71. The zero-order valence-electron chi connectivity index (χ0n) is 7.69. The van der Waals surface area contributed by atoms with Gasteiger partial charge in [0.05, 0.1) is 0 Å². The number of alkyl halides is 3. The molecule has 1 atom stereocenters. The summed E-state index contributed by atoms with van der Waals surface area (Å²) in [6, 6.07) is 0. The second kappa shape index (κ2) is 3.48. The molecule has 1 nitrogen and oxygen atoms in total. The Hall–Kier alpha value is -0.250. The van der Waals surface area contributed by atoms with E-state index in [9.17, 15) is 13.2 Å². The average Bonchev–Trinajstić information content (AvgIpc) is 2.03. The van der Waals surface area contributed by atoms with E-state index in [2.05, 4.69) is 0 Å². The normalized spacial score (nSPS) is 25.6. The third kappa shape index (κ3) is 2.36. The van der Waals surface area contributed by atoms with Crippen molar-refractivity contribution in [3.05, 3.63) is 0 Å². The molecule has 0 aromatic heterocycles. The highest BCUT2D eigenvalue weighted by Gasteiger charge is 2.50. The van der Waals surface area contributed by atoms with Crippen LogP contribution in [0.5, 0.6) is 0 Å². The Bertz CT molecular complexity index is 170. The van der Waals surface area contributed by atoms with Gasteiger partial charge in [-0.25, -0.2) is 0 Å². The maximum atomic E-state index is 12.2. The van der Waals surface area contributed by atoms with Crippen molar-refractivity contribution in [1.29, 1.82) is 0 Å². The average molecular weight is 196 g/mol. The Morgan fingerprint density at radius 1 is 1.15 bits per heavy atom. The van der Waals surface area contributed by atoms with Gasteiger partial charge in [-0.05, 0) is 12.8 Å². The second-order valence-electron chi connectivity index (χ2n) is 4.16. The molecule has 78 valence electrons. The molecule has 0 aromatic carbocycles. The summed E-state index contributed by atoms with van der Waals surface area (Å²) < 4.78 is 36.7. The zero-order valence-corrected chi connectivity index (χ0v) is 7.69. The molecule has 13 heavy (non-hydrogen) atoms. The maximum absolute atomic E-state index is 12.2. The van der Waals surface area contributed by atoms with Gasteiger partial charge in [0, 0.05) is 5.41 Å². The highest BCUT2D eigenvalue weighted by molar-refractivity contribution is 4.88. The van der Waals surface area contributed by atoms with Crippen LogP contribution in [0.3, 0.4) is 0 Å². The fourth-order valence-corrected chi connectivity index (χ4v) is 2.03. The van der Waals surface area contributed by atoms with Gasteiger partial charge in [-0.2, -0.15) is 13.2 Å². The van der Waals surface area contributed by atoms with Gasteiger partial charge >= 0.3 is 6.18 Å². The van der Waals surface area contributed by atoms with Crippen molar-refractivity contribution >= 4 is 0 Å². The van der Waals surface area contributed by atoms with Crippen LogP contribution in [0.15, 0.2) is 0 Å². The van der Waals surface area contributed by atoms with Crippen LogP contribution in [-0.2, 0) is 0 Å². The van der Waals surface area contributed by atoms with Gasteiger partial charge in [0.25, 0.3) is 0 Å². The summed E-state index contributed by atoms with van der Waals surface area (Å²) in [5.41, 5.74) is -0.948. The molecule has 0 unspecified atom stereocenters. The number of hydrogen-bond donors (Lipinski definition) is 1. The summed E-state index contributed by atoms with van der Waals surface area (Å²) in [7, 11) is 0. The van der Waals surface area contributed by atoms with Gasteiger partial charge < -0.3 is 5.11 Å². The molecule has 1 aliphatic rings. The van der Waals surface area contributed by atoms with Crippen LogP contribution in [0.1, 0.15) is 39.0 Å². The molecule has 0 spiro atoms. The maximum Gasteiger partial charge on any atom is 0.414 e. The molecule has 0 aromatic rings. The van der Waals surface area contributed by atoms with Crippen LogP contribution in [0.25, 0.3) is 0 Å². The molecule has 1 rings (SSSR count).